The van der Waals surface area contributed by atoms with Gasteiger partial charge < -0.3 is 18.9 Å². The van der Waals surface area contributed by atoms with E-state index in [-0.39, 0.29) is 29.4 Å². The van der Waals surface area contributed by atoms with Gasteiger partial charge in [0.05, 0.1) is 30.9 Å². The van der Waals surface area contributed by atoms with Crippen molar-refractivity contribution in [2.45, 2.75) is 0 Å². The fourth-order valence-electron chi connectivity index (χ4n) is 2.84. The highest BCUT2D eigenvalue weighted by atomic mass is 79.9. The molecule has 3 aromatic carbocycles. The van der Waals surface area contributed by atoms with E-state index in [1.54, 1.807) is 30.3 Å². The van der Waals surface area contributed by atoms with Gasteiger partial charge in [-0.25, -0.2) is 10.2 Å². The summed E-state index contributed by atoms with van der Waals surface area (Å²) < 4.78 is 22.1. The van der Waals surface area contributed by atoms with Crippen molar-refractivity contribution in [1.29, 1.82) is 0 Å². The molecule has 186 valence electrons. The Bertz CT molecular complexity index is 1300. The minimum absolute atomic E-state index is 0.138. The van der Waals surface area contributed by atoms with E-state index in [1.165, 1.54) is 50.8 Å². The molecule has 3 rings (SSSR count). The van der Waals surface area contributed by atoms with E-state index < -0.39 is 16.8 Å². The second-order valence-electron chi connectivity index (χ2n) is 6.98. The van der Waals surface area contributed by atoms with Crippen molar-refractivity contribution in [3.05, 3.63) is 86.4 Å². The smallest absolute Gasteiger partial charge is 0.343 e. The lowest BCUT2D eigenvalue weighted by molar-refractivity contribution is -0.384. The van der Waals surface area contributed by atoms with Crippen molar-refractivity contribution in [3.8, 4) is 23.0 Å². The molecule has 3 aromatic rings. The second-order valence-corrected chi connectivity index (χ2v) is 7.90. The second kappa shape index (κ2) is 12.3. The van der Waals surface area contributed by atoms with E-state index in [0.717, 1.165) is 4.47 Å². The number of nitro benzene ring substituents is 1. The first kappa shape index (κ1) is 26.2. The quantitative estimate of drug-likeness (QED) is 0.129. The number of amides is 1. The van der Waals surface area contributed by atoms with Crippen LogP contribution >= 0.6 is 15.9 Å². The van der Waals surface area contributed by atoms with Gasteiger partial charge >= 0.3 is 5.97 Å². The highest BCUT2D eigenvalue weighted by molar-refractivity contribution is 9.10. The van der Waals surface area contributed by atoms with Gasteiger partial charge in [0.25, 0.3) is 11.6 Å². The maximum atomic E-state index is 12.4. The highest BCUT2D eigenvalue weighted by Crippen LogP contribution is 2.30. The van der Waals surface area contributed by atoms with Crippen LogP contribution in [0.3, 0.4) is 0 Å². The number of carbonyl (C=O) groups excluding carboxylic acids is 2. The summed E-state index contributed by atoms with van der Waals surface area (Å²) in [4.78, 5) is 34.6. The zero-order valence-corrected chi connectivity index (χ0v) is 20.7. The van der Waals surface area contributed by atoms with Crippen LogP contribution in [0.25, 0.3) is 0 Å². The third-order valence-corrected chi connectivity index (χ3v) is 5.08. The molecule has 0 fully saturated rings. The molecule has 0 saturated carbocycles. The van der Waals surface area contributed by atoms with Gasteiger partial charge in [0.2, 0.25) is 0 Å². The Kier molecular flexibility index (Phi) is 8.95. The lowest BCUT2D eigenvalue weighted by Crippen LogP contribution is -2.24. The third-order valence-electron chi connectivity index (χ3n) is 4.59. The number of hydrogen-bond acceptors (Lipinski definition) is 9. The van der Waals surface area contributed by atoms with Gasteiger partial charge in [-0.1, -0.05) is 15.9 Å². The number of nitro groups is 1. The number of hydrazone groups is 1. The largest absolute Gasteiger partial charge is 0.493 e. The van der Waals surface area contributed by atoms with Crippen LogP contribution in [0.4, 0.5) is 5.69 Å². The van der Waals surface area contributed by atoms with Crippen molar-refractivity contribution < 1.29 is 33.5 Å². The van der Waals surface area contributed by atoms with Crippen molar-refractivity contribution >= 4 is 39.7 Å². The normalized spacial score (nSPS) is 10.5. The molecule has 0 aromatic heterocycles. The number of carbonyl (C=O) groups is 2. The number of rotatable bonds is 10. The molecule has 0 aliphatic rings. The Morgan fingerprint density at radius 3 is 2.31 bits per heavy atom. The van der Waals surface area contributed by atoms with Gasteiger partial charge in [0.15, 0.2) is 29.6 Å². The number of esters is 1. The van der Waals surface area contributed by atoms with Gasteiger partial charge in [-0.3, -0.25) is 14.9 Å². The minimum Gasteiger partial charge on any atom is -0.493 e. The highest BCUT2D eigenvalue weighted by Gasteiger charge is 2.15. The minimum atomic E-state index is -0.709. The van der Waals surface area contributed by atoms with Gasteiger partial charge in [0, 0.05) is 16.6 Å². The summed E-state index contributed by atoms with van der Waals surface area (Å²) >= 11 is 3.33. The van der Waals surface area contributed by atoms with Gasteiger partial charge in [-0.05, 0) is 54.1 Å². The first-order valence-corrected chi connectivity index (χ1v) is 11.0. The number of benzene rings is 3. The zero-order chi connectivity index (χ0) is 26.1. The van der Waals surface area contributed by atoms with Crippen LogP contribution in [-0.4, -0.2) is 43.8 Å². The van der Waals surface area contributed by atoms with Crippen LogP contribution in [0.5, 0.6) is 23.0 Å². The Morgan fingerprint density at radius 2 is 1.64 bits per heavy atom. The number of hydrogen-bond donors (Lipinski definition) is 1. The number of nitrogens with zero attached hydrogens (tertiary/aromatic N) is 2. The summed E-state index contributed by atoms with van der Waals surface area (Å²) in [6, 6.07) is 14.8. The summed E-state index contributed by atoms with van der Waals surface area (Å²) in [7, 11) is 2.89. The molecular formula is C24H20BrN3O8. The third kappa shape index (κ3) is 7.03. The van der Waals surface area contributed by atoms with E-state index >= 15 is 0 Å². The molecule has 1 amide bonds. The number of halogens is 1. The Balaban J connectivity index is 1.57. The molecule has 1 N–H and O–H groups in total. The molecule has 0 radical (unpaired) electrons. The molecule has 0 heterocycles. The molecule has 0 saturated heterocycles. The molecule has 0 aliphatic carbocycles. The average molecular weight is 558 g/mol. The molecule has 0 atom stereocenters. The number of ether oxygens (including phenoxy) is 4. The molecule has 0 spiro atoms. The lowest BCUT2D eigenvalue weighted by atomic mass is 10.2. The maximum Gasteiger partial charge on any atom is 0.343 e. The molecule has 36 heavy (non-hydrogen) atoms. The first-order chi connectivity index (χ1) is 17.3. The van der Waals surface area contributed by atoms with Crippen LogP contribution < -0.4 is 24.4 Å². The Labute approximate surface area is 213 Å². The van der Waals surface area contributed by atoms with Crippen LogP contribution in [0.15, 0.2) is 70.2 Å². The summed E-state index contributed by atoms with van der Waals surface area (Å²) in [5.74, 6) is 0.0618. The van der Waals surface area contributed by atoms with Gasteiger partial charge in [-0.2, -0.15) is 5.10 Å². The Morgan fingerprint density at radius 1 is 0.972 bits per heavy atom. The van der Waals surface area contributed by atoms with Crippen LogP contribution in [0.2, 0.25) is 0 Å². The first-order valence-electron chi connectivity index (χ1n) is 10.2. The van der Waals surface area contributed by atoms with Crippen molar-refractivity contribution in [3.63, 3.8) is 0 Å². The van der Waals surface area contributed by atoms with E-state index in [1.807, 2.05) is 0 Å². The molecule has 0 unspecified atom stereocenters. The van der Waals surface area contributed by atoms with E-state index in [0.29, 0.717) is 17.1 Å². The zero-order valence-electron chi connectivity index (χ0n) is 19.1. The average Bonchev–Trinajstić information content (AvgIpc) is 2.88. The number of non-ortho nitro benzene ring substituents is 1. The standard InChI is InChI=1S/C24H20BrN3O8/c1-33-21-11-15(3-9-20(21)36-24(30)16-4-7-18(8-5-16)28(31)32)13-26-27-23(29)14-35-19-10-6-17(25)12-22(19)34-2/h3-13H,14H2,1-2H3,(H,27,29). The van der Waals surface area contributed by atoms with Gasteiger partial charge in [0.1, 0.15) is 0 Å². The Hall–Kier alpha value is -4.45. The number of nitrogens with one attached hydrogen (secondary N) is 1. The topological polar surface area (TPSA) is 139 Å². The van der Waals surface area contributed by atoms with Crippen molar-refractivity contribution in [1.82, 2.24) is 5.43 Å². The summed E-state index contributed by atoms with van der Waals surface area (Å²) in [6.07, 6.45) is 1.38. The van der Waals surface area contributed by atoms with Gasteiger partial charge in [-0.15, -0.1) is 0 Å². The van der Waals surface area contributed by atoms with Crippen LogP contribution in [0.1, 0.15) is 15.9 Å². The fraction of sp³-hybridized carbons (Fsp3) is 0.125. The lowest BCUT2D eigenvalue weighted by Gasteiger charge is -2.10. The summed E-state index contributed by atoms with van der Waals surface area (Å²) in [5, 5.41) is 14.6. The summed E-state index contributed by atoms with van der Waals surface area (Å²) in [5.41, 5.74) is 2.90. The maximum absolute atomic E-state index is 12.4. The van der Waals surface area contributed by atoms with Crippen molar-refractivity contribution in [2.75, 3.05) is 20.8 Å². The summed E-state index contributed by atoms with van der Waals surface area (Å²) in [6.45, 7) is -0.282. The molecular weight excluding hydrogens is 538 g/mol. The van der Waals surface area contributed by atoms with E-state index in [9.17, 15) is 19.7 Å². The molecule has 0 aliphatic heterocycles. The molecule has 0 bridgehead atoms. The molecule has 11 nitrogen and oxygen atoms in total. The SMILES string of the molecule is COc1cc(Br)ccc1OCC(=O)NN=Cc1ccc(OC(=O)c2ccc([N+](=O)[O-])cc2)c(OC)c1. The van der Waals surface area contributed by atoms with Crippen molar-refractivity contribution in [2.24, 2.45) is 5.10 Å². The predicted octanol–water partition coefficient (Wildman–Crippen LogP) is 4.12. The van der Waals surface area contributed by atoms with E-state index in [2.05, 4.69) is 26.5 Å². The fourth-order valence-corrected chi connectivity index (χ4v) is 3.18. The van der Waals surface area contributed by atoms with Crippen LogP contribution in [-0.2, 0) is 4.79 Å². The van der Waals surface area contributed by atoms with Crippen LogP contribution in [0, 0.1) is 10.1 Å². The number of methoxy groups -OCH3 is 2. The monoisotopic (exact) mass is 557 g/mol. The molecule has 12 heteroatoms. The van der Waals surface area contributed by atoms with E-state index in [4.69, 9.17) is 18.9 Å². The predicted molar refractivity (Wildman–Crippen MR) is 133 cm³/mol.